The molecular weight excluding hydrogens is 136 g/mol. The summed E-state index contributed by atoms with van der Waals surface area (Å²) in [5.41, 5.74) is 4.77. The molecular formula is C4H12N2O2Si. The Labute approximate surface area is 56.4 Å². The van der Waals surface area contributed by atoms with Crippen molar-refractivity contribution in [2.24, 2.45) is 5.73 Å². The third-order valence-electron chi connectivity index (χ3n) is 0.884. The van der Waals surface area contributed by atoms with Gasteiger partial charge in [0.1, 0.15) is 0 Å². The Kier molecular flexibility index (Phi) is 5.24. The van der Waals surface area contributed by atoms with Gasteiger partial charge in [0.25, 0.3) is 0 Å². The Hall–Kier alpha value is -0.553. The summed E-state index contributed by atoms with van der Waals surface area (Å²) in [6, 6.07) is 0.356. The molecule has 0 saturated heterocycles. The highest BCUT2D eigenvalue weighted by Gasteiger charge is 1.89. The van der Waals surface area contributed by atoms with E-state index in [9.17, 15) is 4.79 Å². The standard InChI is InChI=1S/C4H12N2O2Si/c5-4(7)6-2-1-3-9-8/h8H,1-3,9H2,(H3,5,6,7). The van der Waals surface area contributed by atoms with Crippen molar-refractivity contribution in [1.29, 1.82) is 0 Å². The van der Waals surface area contributed by atoms with Crippen molar-refractivity contribution in [1.82, 2.24) is 5.32 Å². The van der Waals surface area contributed by atoms with E-state index in [1.807, 2.05) is 0 Å². The molecule has 9 heavy (non-hydrogen) atoms. The molecule has 54 valence electrons. The lowest BCUT2D eigenvalue weighted by molar-refractivity contribution is 0.249. The van der Waals surface area contributed by atoms with Gasteiger partial charge in [0, 0.05) is 6.54 Å². The lowest BCUT2D eigenvalue weighted by atomic mass is 10.5. The van der Waals surface area contributed by atoms with Gasteiger partial charge in [-0.1, -0.05) is 0 Å². The van der Waals surface area contributed by atoms with Crippen LogP contribution < -0.4 is 11.1 Å². The Balaban J connectivity index is 2.83. The Bertz CT molecular complexity index is 88.6. The van der Waals surface area contributed by atoms with Gasteiger partial charge < -0.3 is 15.8 Å². The molecule has 0 aromatic heterocycles. The summed E-state index contributed by atoms with van der Waals surface area (Å²) in [5.74, 6) is 0. The predicted molar refractivity (Wildman–Crippen MR) is 37.8 cm³/mol. The van der Waals surface area contributed by atoms with E-state index in [1.165, 1.54) is 0 Å². The van der Waals surface area contributed by atoms with Crippen LogP contribution in [0.4, 0.5) is 4.79 Å². The van der Waals surface area contributed by atoms with Crippen LogP contribution in [0.15, 0.2) is 0 Å². The highest BCUT2D eigenvalue weighted by atomic mass is 28.2. The number of nitrogens with two attached hydrogens (primary N) is 1. The summed E-state index contributed by atoms with van der Waals surface area (Å²) >= 11 is 0. The molecule has 0 fully saturated rings. The van der Waals surface area contributed by atoms with Crippen LogP contribution in [0.1, 0.15) is 6.42 Å². The van der Waals surface area contributed by atoms with Crippen molar-refractivity contribution in [3.05, 3.63) is 0 Å². The van der Waals surface area contributed by atoms with Gasteiger partial charge in [0.15, 0.2) is 9.76 Å². The second-order valence-electron chi connectivity index (χ2n) is 1.72. The largest absolute Gasteiger partial charge is 0.438 e. The molecule has 0 atom stereocenters. The normalized spacial score (nSPS) is 10.3. The average molecular weight is 148 g/mol. The van der Waals surface area contributed by atoms with Crippen LogP contribution in [0.3, 0.4) is 0 Å². The van der Waals surface area contributed by atoms with E-state index >= 15 is 0 Å². The number of primary amides is 1. The van der Waals surface area contributed by atoms with E-state index in [4.69, 9.17) is 10.5 Å². The highest BCUT2D eigenvalue weighted by Crippen LogP contribution is 1.82. The van der Waals surface area contributed by atoms with Crippen LogP contribution >= 0.6 is 0 Å². The SMILES string of the molecule is NC(=O)NCCC[SiH2]O. The first-order valence-corrected chi connectivity index (χ1v) is 4.55. The fourth-order valence-electron chi connectivity index (χ4n) is 0.448. The van der Waals surface area contributed by atoms with Crippen molar-refractivity contribution in [3.8, 4) is 0 Å². The average Bonchev–Trinajstić information content (AvgIpc) is 1.80. The number of carbonyl (C=O) groups excluding carboxylic acids is 1. The molecule has 0 aliphatic carbocycles. The third kappa shape index (κ3) is 7.45. The summed E-state index contributed by atoms with van der Waals surface area (Å²) in [7, 11) is -0.823. The van der Waals surface area contributed by atoms with Crippen molar-refractivity contribution in [2.75, 3.05) is 6.54 Å². The van der Waals surface area contributed by atoms with Gasteiger partial charge in [-0.2, -0.15) is 0 Å². The summed E-state index contributed by atoms with van der Waals surface area (Å²) < 4.78 is 0. The minimum atomic E-state index is -0.823. The molecule has 0 aliphatic heterocycles. The number of hydrogen-bond acceptors (Lipinski definition) is 2. The predicted octanol–water partition coefficient (Wildman–Crippen LogP) is -1.46. The molecule has 0 unspecified atom stereocenters. The van der Waals surface area contributed by atoms with Crippen LogP contribution in [-0.2, 0) is 0 Å². The fourth-order valence-corrected chi connectivity index (χ4v) is 0.922. The zero-order valence-corrected chi connectivity index (χ0v) is 6.68. The third-order valence-corrected chi connectivity index (χ3v) is 1.70. The zero-order valence-electron chi connectivity index (χ0n) is 5.26. The van der Waals surface area contributed by atoms with Crippen LogP contribution in [0.5, 0.6) is 0 Å². The number of urea groups is 1. The van der Waals surface area contributed by atoms with Gasteiger partial charge in [0.05, 0.1) is 0 Å². The first-order chi connectivity index (χ1) is 4.27. The van der Waals surface area contributed by atoms with Gasteiger partial charge in [-0.3, -0.25) is 0 Å². The van der Waals surface area contributed by atoms with Crippen molar-refractivity contribution >= 4 is 15.8 Å². The second-order valence-corrected chi connectivity index (χ2v) is 2.88. The first-order valence-electron chi connectivity index (χ1n) is 2.91. The van der Waals surface area contributed by atoms with Crippen LogP contribution in [-0.4, -0.2) is 27.1 Å². The molecule has 2 amide bonds. The van der Waals surface area contributed by atoms with Crippen molar-refractivity contribution in [2.45, 2.75) is 12.5 Å². The highest BCUT2D eigenvalue weighted by molar-refractivity contribution is 6.25. The summed E-state index contributed by atoms with van der Waals surface area (Å²) in [5, 5.41) is 2.43. The molecule has 0 bridgehead atoms. The summed E-state index contributed by atoms with van der Waals surface area (Å²) in [4.78, 5) is 18.4. The summed E-state index contributed by atoms with van der Waals surface area (Å²) in [6.45, 7) is 0.586. The Morgan fingerprint density at radius 2 is 2.44 bits per heavy atom. The molecule has 5 heteroatoms. The van der Waals surface area contributed by atoms with Gasteiger partial charge >= 0.3 is 6.03 Å². The minimum Gasteiger partial charge on any atom is -0.438 e. The lowest BCUT2D eigenvalue weighted by Gasteiger charge is -1.97. The molecule has 0 saturated carbocycles. The van der Waals surface area contributed by atoms with Gasteiger partial charge in [0.2, 0.25) is 0 Å². The van der Waals surface area contributed by atoms with E-state index in [1.54, 1.807) is 0 Å². The molecule has 0 aromatic carbocycles. The van der Waals surface area contributed by atoms with Gasteiger partial charge in [-0.25, -0.2) is 4.79 Å². The van der Waals surface area contributed by atoms with Crippen LogP contribution in [0.2, 0.25) is 6.04 Å². The van der Waals surface area contributed by atoms with Crippen molar-refractivity contribution in [3.63, 3.8) is 0 Å². The van der Waals surface area contributed by atoms with Gasteiger partial charge in [-0.15, -0.1) is 0 Å². The summed E-state index contributed by atoms with van der Waals surface area (Å²) in [6.07, 6.45) is 0.839. The van der Waals surface area contributed by atoms with Crippen LogP contribution in [0.25, 0.3) is 0 Å². The molecule has 0 aliphatic rings. The van der Waals surface area contributed by atoms with E-state index in [-0.39, 0.29) is 0 Å². The molecule has 4 N–H and O–H groups in total. The molecule has 0 aromatic rings. The smallest absolute Gasteiger partial charge is 0.312 e. The topological polar surface area (TPSA) is 75.4 Å². The maximum absolute atomic E-state index is 10.0. The maximum atomic E-state index is 10.0. The Morgan fingerprint density at radius 1 is 1.78 bits per heavy atom. The van der Waals surface area contributed by atoms with E-state index < -0.39 is 15.8 Å². The lowest BCUT2D eigenvalue weighted by Crippen LogP contribution is -2.30. The molecule has 0 spiro atoms. The van der Waals surface area contributed by atoms with Crippen LogP contribution in [0, 0.1) is 0 Å². The zero-order chi connectivity index (χ0) is 7.11. The quantitative estimate of drug-likeness (QED) is 0.336. The van der Waals surface area contributed by atoms with E-state index in [0.29, 0.717) is 6.54 Å². The maximum Gasteiger partial charge on any atom is 0.312 e. The fraction of sp³-hybridized carbons (Fsp3) is 0.750. The minimum absolute atomic E-state index is 0.491. The molecule has 4 nitrogen and oxygen atoms in total. The number of rotatable bonds is 4. The first kappa shape index (κ1) is 8.45. The molecule has 0 heterocycles. The van der Waals surface area contributed by atoms with Crippen molar-refractivity contribution < 1.29 is 9.59 Å². The van der Waals surface area contributed by atoms with Gasteiger partial charge in [-0.05, 0) is 12.5 Å². The molecule has 0 radical (unpaired) electrons. The Morgan fingerprint density at radius 3 is 2.89 bits per heavy atom. The number of amides is 2. The second kappa shape index (κ2) is 5.58. The monoisotopic (exact) mass is 148 g/mol. The molecule has 0 rings (SSSR count). The number of hydrogen-bond donors (Lipinski definition) is 3. The number of nitrogens with one attached hydrogen (secondary N) is 1. The van der Waals surface area contributed by atoms with E-state index in [2.05, 4.69) is 5.32 Å². The number of carbonyl (C=O) groups is 1. The van der Waals surface area contributed by atoms with E-state index in [0.717, 1.165) is 12.5 Å².